The minimum absolute atomic E-state index is 0.0287. The van der Waals surface area contributed by atoms with Gasteiger partial charge in [-0.1, -0.05) is 36.4 Å². The maximum Gasteiger partial charge on any atom is 0.254 e. The molecule has 1 aliphatic carbocycles. The zero-order chi connectivity index (χ0) is 24.5. The number of nitrogens with zero attached hydrogens (tertiary/aromatic N) is 1. The van der Waals surface area contributed by atoms with Crippen molar-refractivity contribution in [1.82, 2.24) is 10.3 Å². The molecule has 1 aromatic heterocycles. The minimum Gasteiger partial charge on any atom is -0.362 e. The molecular formula is C28H23F2N3O2. The van der Waals surface area contributed by atoms with E-state index in [1.807, 2.05) is 36.4 Å². The molecule has 2 atom stereocenters. The van der Waals surface area contributed by atoms with Crippen molar-refractivity contribution in [3.63, 3.8) is 0 Å². The summed E-state index contributed by atoms with van der Waals surface area (Å²) in [6, 6.07) is 16.4. The number of carbonyl (C=O) groups excluding carboxylic acids is 2. The number of pyridine rings is 1. The van der Waals surface area contributed by atoms with Crippen LogP contribution in [0.3, 0.4) is 0 Å². The first kappa shape index (κ1) is 22.7. The molecule has 2 aromatic carbocycles. The Morgan fingerprint density at radius 2 is 1.80 bits per heavy atom. The van der Waals surface area contributed by atoms with Crippen molar-refractivity contribution < 1.29 is 18.4 Å². The highest BCUT2D eigenvalue weighted by Crippen LogP contribution is 2.45. The molecule has 1 aliphatic heterocycles. The van der Waals surface area contributed by atoms with Gasteiger partial charge in [0.15, 0.2) is 5.78 Å². The van der Waals surface area contributed by atoms with Crippen LogP contribution in [-0.4, -0.2) is 16.7 Å². The normalized spacial score (nSPS) is 19.8. The predicted molar refractivity (Wildman–Crippen MR) is 128 cm³/mol. The largest absolute Gasteiger partial charge is 0.362 e. The van der Waals surface area contributed by atoms with Crippen molar-refractivity contribution in [2.24, 2.45) is 0 Å². The lowest BCUT2D eigenvalue weighted by molar-refractivity contribution is -0.116. The van der Waals surface area contributed by atoms with E-state index >= 15 is 0 Å². The number of benzene rings is 2. The van der Waals surface area contributed by atoms with E-state index in [1.54, 1.807) is 25.4 Å². The fourth-order valence-electron chi connectivity index (χ4n) is 4.96. The van der Waals surface area contributed by atoms with Gasteiger partial charge in [-0.15, -0.1) is 0 Å². The van der Waals surface area contributed by atoms with E-state index in [9.17, 15) is 18.4 Å². The van der Waals surface area contributed by atoms with E-state index in [4.69, 9.17) is 0 Å². The van der Waals surface area contributed by atoms with Gasteiger partial charge in [0, 0.05) is 53.3 Å². The molecule has 2 unspecified atom stereocenters. The Morgan fingerprint density at radius 3 is 2.51 bits per heavy atom. The maximum absolute atomic E-state index is 14.3. The van der Waals surface area contributed by atoms with Gasteiger partial charge < -0.3 is 10.6 Å². The molecule has 176 valence electrons. The van der Waals surface area contributed by atoms with Crippen LogP contribution in [0.25, 0.3) is 0 Å². The zero-order valence-electron chi connectivity index (χ0n) is 19.0. The smallest absolute Gasteiger partial charge is 0.254 e. The molecule has 0 saturated carbocycles. The number of aromatic nitrogens is 1. The van der Waals surface area contributed by atoms with Gasteiger partial charge in [0.25, 0.3) is 5.91 Å². The van der Waals surface area contributed by atoms with E-state index in [-0.39, 0.29) is 17.4 Å². The third-order valence-electron chi connectivity index (χ3n) is 6.54. The molecule has 2 N–H and O–H groups in total. The van der Waals surface area contributed by atoms with Crippen molar-refractivity contribution in [2.45, 2.75) is 31.6 Å². The number of anilines is 1. The Hall–Kier alpha value is -4.13. The van der Waals surface area contributed by atoms with Crippen LogP contribution in [0.1, 0.15) is 42.7 Å². The number of hydrogen-bond donors (Lipinski definition) is 2. The molecule has 0 radical (unpaired) electrons. The van der Waals surface area contributed by atoms with Gasteiger partial charge in [0.2, 0.25) is 0 Å². The third kappa shape index (κ3) is 4.37. The Balaban J connectivity index is 1.55. The Kier molecular flexibility index (Phi) is 5.99. The highest BCUT2D eigenvalue weighted by atomic mass is 19.1. The highest BCUT2D eigenvalue weighted by molar-refractivity contribution is 6.10. The first-order valence-electron chi connectivity index (χ1n) is 11.4. The Bertz CT molecular complexity index is 1370. The molecule has 2 heterocycles. The summed E-state index contributed by atoms with van der Waals surface area (Å²) < 4.78 is 27.6. The summed E-state index contributed by atoms with van der Waals surface area (Å²) in [7, 11) is 0. The molecule has 1 amide bonds. The number of halogens is 2. The van der Waals surface area contributed by atoms with E-state index < -0.39 is 23.5 Å². The van der Waals surface area contributed by atoms with Crippen molar-refractivity contribution >= 4 is 17.4 Å². The predicted octanol–water partition coefficient (Wildman–Crippen LogP) is 5.36. The zero-order valence-corrected chi connectivity index (χ0v) is 19.0. The topological polar surface area (TPSA) is 71.1 Å². The van der Waals surface area contributed by atoms with E-state index in [0.29, 0.717) is 41.3 Å². The van der Waals surface area contributed by atoms with Gasteiger partial charge in [-0.05, 0) is 48.6 Å². The fourth-order valence-corrected chi connectivity index (χ4v) is 4.96. The first-order chi connectivity index (χ1) is 16.9. The molecule has 0 fully saturated rings. The van der Waals surface area contributed by atoms with Crippen LogP contribution >= 0.6 is 0 Å². The summed E-state index contributed by atoms with van der Waals surface area (Å²) in [5, 5.41) is 5.84. The average molecular weight is 472 g/mol. The first-order valence-corrected chi connectivity index (χ1v) is 11.4. The van der Waals surface area contributed by atoms with Crippen LogP contribution in [0.4, 0.5) is 14.5 Å². The molecule has 5 nitrogen and oxygen atoms in total. The van der Waals surface area contributed by atoms with Gasteiger partial charge in [-0.3, -0.25) is 14.6 Å². The Morgan fingerprint density at radius 1 is 1.03 bits per heavy atom. The molecule has 0 bridgehead atoms. The van der Waals surface area contributed by atoms with Gasteiger partial charge >= 0.3 is 0 Å². The quantitative estimate of drug-likeness (QED) is 0.538. The minimum atomic E-state index is -0.877. The number of carbonyl (C=O) groups is 2. The lowest BCUT2D eigenvalue weighted by Gasteiger charge is -2.37. The summed E-state index contributed by atoms with van der Waals surface area (Å²) in [5.41, 5.74) is 3.82. The van der Waals surface area contributed by atoms with Crippen LogP contribution in [0.15, 0.2) is 95.6 Å². The van der Waals surface area contributed by atoms with Crippen molar-refractivity contribution in [3.05, 3.63) is 118 Å². The average Bonchev–Trinajstić information content (AvgIpc) is 2.85. The van der Waals surface area contributed by atoms with Crippen molar-refractivity contribution in [1.29, 1.82) is 0 Å². The lowest BCUT2D eigenvalue weighted by Crippen LogP contribution is -2.37. The van der Waals surface area contributed by atoms with Crippen molar-refractivity contribution in [2.75, 3.05) is 5.32 Å². The van der Waals surface area contributed by atoms with Gasteiger partial charge in [0.1, 0.15) is 11.6 Å². The van der Waals surface area contributed by atoms with Gasteiger partial charge in [-0.25, -0.2) is 8.78 Å². The van der Waals surface area contributed by atoms with Gasteiger partial charge in [0.05, 0.1) is 5.69 Å². The maximum atomic E-state index is 14.3. The number of rotatable bonds is 4. The molecule has 0 spiro atoms. The van der Waals surface area contributed by atoms with E-state index in [2.05, 4.69) is 15.6 Å². The number of nitrogens with one attached hydrogen (secondary N) is 2. The molecule has 35 heavy (non-hydrogen) atoms. The number of Topliss-reactive ketones (excluding diaryl/α,β-unsaturated/α-hetero) is 1. The molecule has 7 heteroatoms. The van der Waals surface area contributed by atoms with Gasteiger partial charge in [-0.2, -0.15) is 0 Å². The number of ketones is 1. The lowest BCUT2D eigenvalue weighted by atomic mass is 9.72. The monoisotopic (exact) mass is 471 g/mol. The molecule has 2 aliphatic rings. The van der Waals surface area contributed by atoms with E-state index in [0.717, 1.165) is 17.3 Å². The number of amides is 1. The standard InChI is InChI=1S/C28H23F2N3O2/c1-16-25(28(35)33-22-10-9-20(29)14-21(22)30)26(18-8-5-11-31-15-18)27-23(32-16)12-19(13-24(27)34)17-6-3-2-4-7-17/h2-11,14-15,19,26,32H,12-13H2,1H3,(H,33,35). The summed E-state index contributed by atoms with van der Waals surface area (Å²) in [5.74, 6) is -2.86. The number of hydrogen-bond acceptors (Lipinski definition) is 4. The van der Waals surface area contributed by atoms with Crippen LogP contribution in [0.5, 0.6) is 0 Å². The van der Waals surface area contributed by atoms with Crippen LogP contribution in [-0.2, 0) is 9.59 Å². The molecule has 0 saturated heterocycles. The second-order valence-corrected chi connectivity index (χ2v) is 8.79. The molecule has 5 rings (SSSR count). The SMILES string of the molecule is CC1=C(C(=O)Nc2ccc(F)cc2F)C(c2cccnc2)C2=C(CC(c3ccccc3)CC2=O)N1. The number of dihydropyridines is 1. The summed E-state index contributed by atoms with van der Waals surface area (Å²) >= 11 is 0. The number of allylic oxidation sites excluding steroid dienone is 3. The highest BCUT2D eigenvalue weighted by Gasteiger charge is 2.41. The fraction of sp³-hybridized carbons (Fsp3) is 0.179. The molecule has 3 aromatic rings. The Labute approximate surface area is 201 Å². The van der Waals surface area contributed by atoms with Crippen LogP contribution in [0.2, 0.25) is 0 Å². The van der Waals surface area contributed by atoms with Crippen LogP contribution in [0, 0.1) is 11.6 Å². The second-order valence-electron chi connectivity index (χ2n) is 8.79. The van der Waals surface area contributed by atoms with E-state index in [1.165, 1.54) is 6.07 Å². The van der Waals surface area contributed by atoms with Crippen molar-refractivity contribution in [3.8, 4) is 0 Å². The van der Waals surface area contributed by atoms with Crippen LogP contribution < -0.4 is 10.6 Å². The summed E-state index contributed by atoms with van der Waals surface area (Å²) in [6.07, 6.45) is 4.21. The summed E-state index contributed by atoms with van der Waals surface area (Å²) in [6.45, 7) is 1.76. The molecular weight excluding hydrogens is 448 g/mol. The summed E-state index contributed by atoms with van der Waals surface area (Å²) in [4.78, 5) is 31.2. The second kappa shape index (κ2) is 9.25. The third-order valence-corrected chi connectivity index (χ3v) is 6.54.